The number of nitrogens with zero attached hydrogens (tertiary/aromatic N) is 1. The topological polar surface area (TPSA) is 84.3 Å². The highest BCUT2D eigenvalue weighted by molar-refractivity contribution is 6.30. The van der Waals surface area contributed by atoms with Gasteiger partial charge in [-0.3, -0.25) is 14.9 Å². The summed E-state index contributed by atoms with van der Waals surface area (Å²) in [6, 6.07) is 11.4. The maximum Gasteiger partial charge on any atom is 0.293 e. The van der Waals surface area contributed by atoms with Crippen LogP contribution in [0, 0.1) is 10.1 Å². The fourth-order valence-corrected chi connectivity index (χ4v) is 2.05. The van der Waals surface area contributed by atoms with Crippen molar-refractivity contribution in [1.82, 2.24) is 5.32 Å². The molecule has 0 bridgehead atoms. The molecule has 1 amide bonds. The van der Waals surface area contributed by atoms with Crippen molar-refractivity contribution in [3.63, 3.8) is 0 Å². The predicted octanol–water partition coefficient (Wildman–Crippen LogP) is 3.22. The summed E-state index contributed by atoms with van der Waals surface area (Å²) in [6.07, 6.45) is 0. The number of carbonyl (C=O) groups is 1. The number of hydrogen-bond donors (Lipinski definition) is 2. The zero-order chi connectivity index (χ0) is 16.1. The molecule has 2 N–H and O–H groups in total. The smallest absolute Gasteiger partial charge is 0.293 e. The Kier molecular flexibility index (Phi) is 4.95. The number of nitro benzene ring substituents is 1. The molecule has 0 aliphatic heterocycles. The second-order valence-corrected chi connectivity index (χ2v) is 4.98. The SMILES string of the molecule is CNc1ccc(C(=O)NCc2ccc(Cl)cc2)cc1[N+](=O)[O-]. The summed E-state index contributed by atoms with van der Waals surface area (Å²) < 4.78 is 0. The summed E-state index contributed by atoms with van der Waals surface area (Å²) in [5, 5.41) is 17.0. The van der Waals surface area contributed by atoms with E-state index in [0.717, 1.165) is 5.56 Å². The van der Waals surface area contributed by atoms with Gasteiger partial charge in [0.05, 0.1) is 4.92 Å². The molecule has 0 unspecified atom stereocenters. The standard InChI is InChI=1S/C15H14ClN3O3/c1-17-13-7-4-11(8-14(13)19(21)22)15(20)18-9-10-2-5-12(16)6-3-10/h2-8,17H,9H2,1H3,(H,18,20). The van der Waals surface area contributed by atoms with Gasteiger partial charge in [0, 0.05) is 30.2 Å². The van der Waals surface area contributed by atoms with Crippen LogP contribution in [0.3, 0.4) is 0 Å². The van der Waals surface area contributed by atoms with Crippen molar-refractivity contribution in [2.45, 2.75) is 6.54 Å². The molecule has 0 radical (unpaired) electrons. The fourth-order valence-electron chi connectivity index (χ4n) is 1.92. The second kappa shape index (κ2) is 6.91. The molecule has 0 aliphatic carbocycles. The van der Waals surface area contributed by atoms with E-state index >= 15 is 0 Å². The van der Waals surface area contributed by atoms with Crippen LogP contribution in [0.2, 0.25) is 5.02 Å². The molecule has 7 heteroatoms. The molecule has 0 fully saturated rings. The number of hydrogen-bond acceptors (Lipinski definition) is 4. The van der Waals surface area contributed by atoms with E-state index in [1.165, 1.54) is 18.2 Å². The van der Waals surface area contributed by atoms with Crippen LogP contribution in [0.4, 0.5) is 11.4 Å². The van der Waals surface area contributed by atoms with Gasteiger partial charge in [0.2, 0.25) is 0 Å². The van der Waals surface area contributed by atoms with Crippen molar-refractivity contribution in [2.24, 2.45) is 0 Å². The molecular formula is C15H14ClN3O3. The summed E-state index contributed by atoms with van der Waals surface area (Å²) in [5.41, 5.74) is 1.35. The molecule has 0 saturated heterocycles. The lowest BCUT2D eigenvalue weighted by Crippen LogP contribution is -2.22. The Morgan fingerprint density at radius 1 is 1.23 bits per heavy atom. The van der Waals surface area contributed by atoms with E-state index in [1.54, 1.807) is 31.3 Å². The molecule has 2 rings (SSSR count). The summed E-state index contributed by atoms with van der Waals surface area (Å²) in [5.74, 6) is -0.374. The highest BCUT2D eigenvalue weighted by atomic mass is 35.5. The molecule has 0 aromatic heterocycles. The van der Waals surface area contributed by atoms with Crippen LogP contribution in [0.1, 0.15) is 15.9 Å². The van der Waals surface area contributed by atoms with E-state index in [1.807, 2.05) is 0 Å². The van der Waals surface area contributed by atoms with Crippen molar-refractivity contribution in [1.29, 1.82) is 0 Å². The van der Waals surface area contributed by atoms with Gasteiger partial charge in [-0.2, -0.15) is 0 Å². The molecule has 0 spiro atoms. The molecule has 2 aromatic rings. The Labute approximate surface area is 132 Å². The first-order chi connectivity index (χ1) is 10.5. The molecule has 0 saturated carbocycles. The van der Waals surface area contributed by atoms with Crippen molar-refractivity contribution < 1.29 is 9.72 Å². The summed E-state index contributed by atoms with van der Waals surface area (Å²) in [4.78, 5) is 22.5. The van der Waals surface area contributed by atoms with Gasteiger partial charge in [-0.05, 0) is 29.8 Å². The first kappa shape index (κ1) is 15.8. The van der Waals surface area contributed by atoms with Gasteiger partial charge in [-0.15, -0.1) is 0 Å². The molecule has 0 atom stereocenters. The Hall–Kier alpha value is -2.60. The molecule has 22 heavy (non-hydrogen) atoms. The average molecular weight is 320 g/mol. The van der Waals surface area contributed by atoms with E-state index in [9.17, 15) is 14.9 Å². The van der Waals surface area contributed by atoms with Gasteiger partial charge in [-0.25, -0.2) is 0 Å². The minimum absolute atomic E-state index is 0.137. The number of anilines is 1. The van der Waals surface area contributed by atoms with E-state index in [4.69, 9.17) is 11.6 Å². The second-order valence-electron chi connectivity index (χ2n) is 4.55. The summed E-state index contributed by atoms with van der Waals surface area (Å²) in [6.45, 7) is 0.317. The van der Waals surface area contributed by atoms with Crippen LogP contribution in [-0.2, 0) is 6.54 Å². The highest BCUT2D eigenvalue weighted by Crippen LogP contribution is 2.25. The zero-order valence-electron chi connectivity index (χ0n) is 11.8. The number of carbonyl (C=O) groups excluding carboxylic acids is 1. The predicted molar refractivity (Wildman–Crippen MR) is 85.3 cm³/mol. The Morgan fingerprint density at radius 2 is 1.91 bits per heavy atom. The minimum Gasteiger partial charge on any atom is -0.383 e. The number of nitro groups is 1. The third-order valence-electron chi connectivity index (χ3n) is 3.09. The van der Waals surface area contributed by atoms with Gasteiger partial charge in [0.25, 0.3) is 11.6 Å². The van der Waals surface area contributed by atoms with Gasteiger partial charge in [-0.1, -0.05) is 23.7 Å². The monoisotopic (exact) mass is 319 g/mol. The largest absolute Gasteiger partial charge is 0.383 e. The van der Waals surface area contributed by atoms with Gasteiger partial charge >= 0.3 is 0 Å². The zero-order valence-corrected chi connectivity index (χ0v) is 12.6. The molecule has 0 heterocycles. The number of benzene rings is 2. The molecule has 114 valence electrons. The molecular weight excluding hydrogens is 306 g/mol. The Balaban J connectivity index is 2.10. The van der Waals surface area contributed by atoms with Crippen LogP contribution in [0.25, 0.3) is 0 Å². The quantitative estimate of drug-likeness (QED) is 0.654. The number of nitrogens with one attached hydrogen (secondary N) is 2. The Bertz CT molecular complexity index is 702. The van der Waals surface area contributed by atoms with E-state index in [-0.39, 0.29) is 17.2 Å². The molecule has 6 nitrogen and oxygen atoms in total. The first-order valence-electron chi connectivity index (χ1n) is 6.50. The van der Waals surface area contributed by atoms with Crippen LogP contribution in [-0.4, -0.2) is 17.9 Å². The molecule has 2 aromatic carbocycles. The van der Waals surface area contributed by atoms with Crippen LogP contribution in [0.5, 0.6) is 0 Å². The van der Waals surface area contributed by atoms with Crippen LogP contribution >= 0.6 is 11.6 Å². The summed E-state index contributed by atoms with van der Waals surface area (Å²) >= 11 is 5.79. The van der Waals surface area contributed by atoms with Crippen LogP contribution in [0.15, 0.2) is 42.5 Å². The van der Waals surface area contributed by atoms with Gasteiger partial charge in [0.15, 0.2) is 0 Å². The van der Waals surface area contributed by atoms with Crippen molar-refractivity contribution in [3.05, 3.63) is 68.7 Å². The fraction of sp³-hybridized carbons (Fsp3) is 0.133. The van der Waals surface area contributed by atoms with Crippen molar-refractivity contribution in [2.75, 3.05) is 12.4 Å². The maximum absolute atomic E-state index is 12.1. The Morgan fingerprint density at radius 3 is 2.50 bits per heavy atom. The third kappa shape index (κ3) is 3.73. The van der Waals surface area contributed by atoms with E-state index < -0.39 is 4.92 Å². The van der Waals surface area contributed by atoms with Crippen molar-refractivity contribution >= 4 is 28.9 Å². The number of rotatable bonds is 5. The number of amides is 1. The maximum atomic E-state index is 12.1. The normalized spacial score (nSPS) is 10.1. The minimum atomic E-state index is -0.526. The lowest BCUT2D eigenvalue weighted by molar-refractivity contribution is -0.384. The lowest BCUT2D eigenvalue weighted by Gasteiger charge is -2.07. The lowest BCUT2D eigenvalue weighted by atomic mass is 10.1. The van der Waals surface area contributed by atoms with E-state index in [2.05, 4.69) is 10.6 Å². The van der Waals surface area contributed by atoms with Gasteiger partial charge in [0.1, 0.15) is 5.69 Å². The first-order valence-corrected chi connectivity index (χ1v) is 6.88. The highest BCUT2D eigenvalue weighted by Gasteiger charge is 2.16. The van der Waals surface area contributed by atoms with Crippen LogP contribution < -0.4 is 10.6 Å². The summed E-state index contributed by atoms with van der Waals surface area (Å²) in [7, 11) is 1.59. The van der Waals surface area contributed by atoms with E-state index in [0.29, 0.717) is 17.3 Å². The third-order valence-corrected chi connectivity index (χ3v) is 3.34. The molecule has 0 aliphatic rings. The number of halogens is 1. The van der Waals surface area contributed by atoms with Crippen molar-refractivity contribution in [3.8, 4) is 0 Å². The van der Waals surface area contributed by atoms with Gasteiger partial charge < -0.3 is 10.6 Å². The average Bonchev–Trinajstić information content (AvgIpc) is 2.53.